The van der Waals surface area contributed by atoms with Gasteiger partial charge < -0.3 is 10.1 Å². The number of imidazole rings is 1. The molecule has 1 atom stereocenters. The van der Waals surface area contributed by atoms with Gasteiger partial charge >= 0.3 is 0 Å². The van der Waals surface area contributed by atoms with Crippen LogP contribution >= 0.6 is 0 Å². The maximum absolute atomic E-state index is 13.3. The number of aliphatic hydroxyl groups excluding tert-OH is 1. The highest BCUT2D eigenvalue weighted by Gasteiger charge is 2.12. The second kappa shape index (κ2) is 5.05. The Morgan fingerprint density at radius 1 is 1.29 bits per heavy atom. The summed E-state index contributed by atoms with van der Waals surface area (Å²) in [5, 5.41) is 9.75. The minimum absolute atomic E-state index is 0.132. The summed E-state index contributed by atoms with van der Waals surface area (Å²) < 4.78 is 26.0. The molecule has 1 aromatic heterocycles. The maximum Gasteiger partial charge on any atom is 0.129 e. The summed E-state index contributed by atoms with van der Waals surface area (Å²) in [6.07, 6.45) is 2.93. The molecule has 0 radical (unpaired) electrons. The molecular formula is C12H12F2N2O. The average molecular weight is 238 g/mol. The predicted octanol–water partition coefficient (Wildman–Crippen LogP) is 1.83. The van der Waals surface area contributed by atoms with Crippen molar-refractivity contribution >= 4 is 0 Å². The second-order valence-corrected chi connectivity index (χ2v) is 3.83. The highest BCUT2D eigenvalue weighted by Crippen LogP contribution is 2.13. The van der Waals surface area contributed by atoms with E-state index in [1.165, 1.54) is 12.1 Å². The standard InChI is InChI=1S/C12H12F2N2O/c13-9-2-1-8(11(14)6-9)5-10(17)7-12-15-3-4-16-12/h1-4,6,10,17H,5,7H2,(H,15,16). The van der Waals surface area contributed by atoms with E-state index in [2.05, 4.69) is 9.97 Å². The number of H-pyrrole nitrogens is 1. The molecule has 2 aromatic rings. The molecule has 90 valence electrons. The first-order valence-electron chi connectivity index (χ1n) is 5.25. The van der Waals surface area contributed by atoms with E-state index in [4.69, 9.17) is 0 Å². The third-order valence-corrected chi connectivity index (χ3v) is 2.45. The van der Waals surface area contributed by atoms with E-state index in [-0.39, 0.29) is 6.42 Å². The molecule has 0 saturated heterocycles. The van der Waals surface area contributed by atoms with Gasteiger partial charge in [-0.3, -0.25) is 0 Å². The number of benzene rings is 1. The van der Waals surface area contributed by atoms with Crippen LogP contribution in [-0.2, 0) is 12.8 Å². The molecule has 3 nitrogen and oxygen atoms in total. The Balaban J connectivity index is 2.00. The first kappa shape index (κ1) is 11.7. The van der Waals surface area contributed by atoms with E-state index in [0.717, 1.165) is 6.07 Å². The number of hydrogen-bond acceptors (Lipinski definition) is 2. The molecular weight excluding hydrogens is 226 g/mol. The first-order valence-corrected chi connectivity index (χ1v) is 5.25. The lowest BCUT2D eigenvalue weighted by Gasteiger charge is -2.09. The lowest BCUT2D eigenvalue weighted by Crippen LogP contribution is -2.15. The topological polar surface area (TPSA) is 48.9 Å². The Hall–Kier alpha value is -1.75. The number of aliphatic hydroxyl groups is 1. The molecule has 1 unspecified atom stereocenters. The van der Waals surface area contributed by atoms with E-state index in [1.807, 2.05) is 0 Å². The van der Waals surface area contributed by atoms with Crippen LogP contribution in [0.25, 0.3) is 0 Å². The lowest BCUT2D eigenvalue weighted by atomic mass is 10.0. The van der Waals surface area contributed by atoms with Crippen LogP contribution < -0.4 is 0 Å². The quantitative estimate of drug-likeness (QED) is 0.853. The highest BCUT2D eigenvalue weighted by atomic mass is 19.1. The third kappa shape index (κ3) is 3.10. The van der Waals surface area contributed by atoms with Crippen molar-refractivity contribution in [3.05, 3.63) is 53.6 Å². The van der Waals surface area contributed by atoms with Crippen molar-refractivity contribution in [1.82, 2.24) is 9.97 Å². The summed E-state index contributed by atoms with van der Waals surface area (Å²) in [5.74, 6) is -0.615. The average Bonchev–Trinajstić information content (AvgIpc) is 2.75. The summed E-state index contributed by atoms with van der Waals surface area (Å²) >= 11 is 0. The number of halogens is 2. The van der Waals surface area contributed by atoms with Gasteiger partial charge in [0.2, 0.25) is 0 Å². The predicted molar refractivity (Wildman–Crippen MR) is 58.4 cm³/mol. The maximum atomic E-state index is 13.3. The molecule has 0 spiro atoms. The molecule has 17 heavy (non-hydrogen) atoms. The van der Waals surface area contributed by atoms with Crippen LogP contribution in [0.2, 0.25) is 0 Å². The Bertz CT molecular complexity index is 485. The molecule has 0 aliphatic carbocycles. The van der Waals surface area contributed by atoms with Gasteiger partial charge in [0.25, 0.3) is 0 Å². The molecule has 1 aromatic carbocycles. The Morgan fingerprint density at radius 3 is 2.76 bits per heavy atom. The van der Waals surface area contributed by atoms with Crippen LogP contribution in [-0.4, -0.2) is 21.2 Å². The fraction of sp³-hybridized carbons (Fsp3) is 0.250. The minimum atomic E-state index is -0.749. The summed E-state index contributed by atoms with van der Waals surface area (Å²) in [5.41, 5.74) is 0.297. The molecule has 2 N–H and O–H groups in total. The fourth-order valence-corrected chi connectivity index (χ4v) is 1.65. The molecule has 0 bridgehead atoms. The fourth-order valence-electron chi connectivity index (χ4n) is 1.65. The van der Waals surface area contributed by atoms with Crippen molar-refractivity contribution in [2.45, 2.75) is 18.9 Å². The van der Waals surface area contributed by atoms with Gasteiger partial charge in [-0.05, 0) is 11.6 Å². The Labute approximate surface area is 97.1 Å². The number of hydrogen-bond donors (Lipinski definition) is 2. The molecule has 5 heteroatoms. The van der Waals surface area contributed by atoms with E-state index >= 15 is 0 Å². The Kier molecular flexibility index (Phi) is 3.49. The number of rotatable bonds is 4. The second-order valence-electron chi connectivity index (χ2n) is 3.83. The third-order valence-electron chi connectivity index (χ3n) is 2.45. The first-order chi connectivity index (χ1) is 8.15. The minimum Gasteiger partial charge on any atom is -0.392 e. The number of aromatic amines is 1. The van der Waals surface area contributed by atoms with Crippen molar-refractivity contribution in [1.29, 1.82) is 0 Å². The van der Waals surface area contributed by atoms with E-state index < -0.39 is 17.7 Å². The normalized spacial score (nSPS) is 12.6. The highest BCUT2D eigenvalue weighted by molar-refractivity contribution is 5.19. The molecule has 2 rings (SSSR count). The van der Waals surface area contributed by atoms with Crippen molar-refractivity contribution in [3.63, 3.8) is 0 Å². The van der Waals surface area contributed by atoms with Gasteiger partial charge in [-0.15, -0.1) is 0 Å². The van der Waals surface area contributed by atoms with Crippen LogP contribution in [0.4, 0.5) is 8.78 Å². The van der Waals surface area contributed by atoms with Gasteiger partial charge in [0, 0.05) is 31.3 Å². The van der Waals surface area contributed by atoms with E-state index in [1.54, 1.807) is 12.4 Å². The van der Waals surface area contributed by atoms with Crippen LogP contribution in [0.5, 0.6) is 0 Å². The molecule has 0 aliphatic rings. The molecule has 1 heterocycles. The SMILES string of the molecule is OC(Cc1ncc[nH]1)Cc1ccc(F)cc1F. The zero-order valence-electron chi connectivity index (χ0n) is 9.03. The Morgan fingerprint density at radius 2 is 2.12 bits per heavy atom. The van der Waals surface area contributed by atoms with Crippen LogP contribution in [0, 0.1) is 11.6 Å². The number of nitrogens with zero attached hydrogens (tertiary/aromatic N) is 1. The molecule has 0 aliphatic heterocycles. The summed E-state index contributed by atoms with van der Waals surface area (Å²) in [6.45, 7) is 0. The number of aromatic nitrogens is 2. The van der Waals surface area contributed by atoms with E-state index in [0.29, 0.717) is 17.8 Å². The van der Waals surface area contributed by atoms with Crippen molar-refractivity contribution in [2.24, 2.45) is 0 Å². The van der Waals surface area contributed by atoms with Crippen LogP contribution in [0.3, 0.4) is 0 Å². The summed E-state index contributed by atoms with van der Waals surface area (Å²) in [4.78, 5) is 6.82. The zero-order valence-corrected chi connectivity index (χ0v) is 9.03. The van der Waals surface area contributed by atoms with Crippen molar-refractivity contribution in [3.8, 4) is 0 Å². The molecule has 0 amide bonds. The number of nitrogens with one attached hydrogen (secondary N) is 1. The van der Waals surface area contributed by atoms with Crippen molar-refractivity contribution < 1.29 is 13.9 Å². The summed E-state index contributed by atoms with van der Waals surface area (Å²) in [6, 6.07) is 3.34. The van der Waals surface area contributed by atoms with Gasteiger partial charge in [-0.25, -0.2) is 13.8 Å². The monoisotopic (exact) mass is 238 g/mol. The van der Waals surface area contributed by atoms with Crippen LogP contribution in [0.1, 0.15) is 11.4 Å². The van der Waals surface area contributed by atoms with Gasteiger partial charge in [0.05, 0.1) is 6.10 Å². The van der Waals surface area contributed by atoms with Crippen molar-refractivity contribution in [2.75, 3.05) is 0 Å². The van der Waals surface area contributed by atoms with Gasteiger partial charge in [0.15, 0.2) is 0 Å². The smallest absolute Gasteiger partial charge is 0.129 e. The zero-order chi connectivity index (χ0) is 12.3. The molecule has 0 saturated carbocycles. The largest absolute Gasteiger partial charge is 0.392 e. The van der Waals surface area contributed by atoms with Gasteiger partial charge in [0.1, 0.15) is 17.5 Å². The molecule has 0 fully saturated rings. The lowest BCUT2D eigenvalue weighted by molar-refractivity contribution is 0.172. The van der Waals surface area contributed by atoms with Gasteiger partial charge in [-0.1, -0.05) is 6.07 Å². The van der Waals surface area contributed by atoms with Gasteiger partial charge in [-0.2, -0.15) is 0 Å². The van der Waals surface area contributed by atoms with E-state index in [9.17, 15) is 13.9 Å². The summed E-state index contributed by atoms with van der Waals surface area (Å²) in [7, 11) is 0. The van der Waals surface area contributed by atoms with Crippen LogP contribution in [0.15, 0.2) is 30.6 Å².